The first-order chi connectivity index (χ1) is 0. The summed E-state index contributed by atoms with van der Waals surface area (Å²) in [5.74, 6) is 0. The fourth-order valence-corrected chi connectivity index (χ4v) is 0. The van der Waals surface area contributed by atoms with Gasteiger partial charge in [-0.3, -0.25) is 0 Å². The zero-order chi connectivity index (χ0) is 0. The van der Waals surface area contributed by atoms with E-state index in [1.165, 1.54) is 0 Å². The summed E-state index contributed by atoms with van der Waals surface area (Å²) in [6, 6.07) is 0. The molecule has 6 heavy (non-hydrogen) atoms. The van der Waals surface area contributed by atoms with Crippen LogP contribution in [0.4, 0.5) is 0 Å². The smallest absolute Gasteiger partial charge is 0 e. The molecule has 0 amide bonds. The van der Waals surface area contributed by atoms with Gasteiger partial charge in [-0.05, 0) is 0 Å². The topological polar surface area (TPSA) is 0 Å². The third-order valence-corrected chi connectivity index (χ3v) is 0. The molecule has 0 nitrogen and oxygen atoms in total. The van der Waals surface area contributed by atoms with Gasteiger partial charge in [0.05, 0.1) is 0 Å². The maximum atomic E-state index is 0. The van der Waals surface area contributed by atoms with Crippen molar-refractivity contribution in [2.24, 2.45) is 0 Å². The van der Waals surface area contributed by atoms with E-state index in [0.29, 0.717) is 0 Å². The average Bonchev–Trinajstić information content (AvgIpc) is 0. The Morgan fingerprint density at radius 2 is 0.333 bits per heavy atom. The Hall–Kier alpha value is 1.05. The monoisotopic (exact) mass is 318 g/mol. The first-order valence-corrected chi connectivity index (χ1v) is 0. The number of hydrogen-bond donors (Lipinski definition) is 0. The minimum absolute atomic E-state index is 0. The Morgan fingerprint density at radius 3 is 0.333 bits per heavy atom. The fourth-order valence-electron chi connectivity index (χ4n) is 0. The molecule has 0 saturated carbocycles. The SMILES string of the molecule is C.C.C.C.C.[U]. The van der Waals surface area contributed by atoms with Crippen molar-refractivity contribution in [2.45, 2.75) is 37.1 Å². The van der Waals surface area contributed by atoms with E-state index in [2.05, 4.69) is 0 Å². The van der Waals surface area contributed by atoms with Gasteiger partial charge in [0.1, 0.15) is 0 Å². The zero-order valence-corrected chi connectivity index (χ0v) is 4.66. The predicted octanol–water partition coefficient (Wildman–Crippen LogP) is 3.18. The molecular weight excluding hydrogens is 298 g/mol. The van der Waals surface area contributed by atoms with Crippen LogP contribution in [0.15, 0.2) is 0 Å². The standard InChI is InChI=1S/5CH4.U/h5*1H4;. The van der Waals surface area contributed by atoms with E-state index in [1.807, 2.05) is 0 Å². The van der Waals surface area contributed by atoms with Crippen molar-refractivity contribution in [3.8, 4) is 0 Å². The normalized spacial score (nSPS) is 0. The van der Waals surface area contributed by atoms with Crippen molar-refractivity contribution in [3.63, 3.8) is 0 Å². The van der Waals surface area contributed by atoms with Gasteiger partial charge in [-0.15, -0.1) is 0 Å². The van der Waals surface area contributed by atoms with Gasteiger partial charge in [0.15, 0.2) is 0 Å². The summed E-state index contributed by atoms with van der Waals surface area (Å²) in [5, 5.41) is 0. The van der Waals surface area contributed by atoms with Crippen molar-refractivity contribution < 1.29 is 31.1 Å². The van der Waals surface area contributed by atoms with Gasteiger partial charge in [0.2, 0.25) is 0 Å². The molecule has 0 spiro atoms. The molecule has 0 radical (unpaired) electrons. The minimum Gasteiger partial charge on any atom is -0.0776 e. The third-order valence-electron chi connectivity index (χ3n) is 0. The van der Waals surface area contributed by atoms with Crippen LogP contribution in [0.1, 0.15) is 37.1 Å². The molecule has 0 aliphatic carbocycles. The number of rotatable bonds is 0. The summed E-state index contributed by atoms with van der Waals surface area (Å²) in [6.45, 7) is 0. The van der Waals surface area contributed by atoms with Crippen LogP contribution in [0.5, 0.6) is 0 Å². The first kappa shape index (κ1) is 233. The summed E-state index contributed by atoms with van der Waals surface area (Å²) >= 11 is 0. The van der Waals surface area contributed by atoms with Crippen molar-refractivity contribution in [2.75, 3.05) is 0 Å². The molecule has 0 bridgehead atoms. The summed E-state index contributed by atoms with van der Waals surface area (Å²) in [4.78, 5) is 0. The van der Waals surface area contributed by atoms with E-state index < -0.39 is 0 Å². The molecule has 0 N–H and O–H groups in total. The Balaban J connectivity index is 0. The van der Waals surface area contributed by atoms with Gasteiger partial charge in [-0.25, -0.2) is 0 Å². The molecule has 0 atom stereocenters. The second-order valence-electron chi connectivity index (χ2n) is 0. The molecular formula is C5H20U. The quantitative estimate of drug-likeness (QED) is 0.643. The molecule has 0 aliphatic heterocycles. The van der Waals surface area contributed by atoms with Crippen LogP contribution in [0.2, 0.25) is 0 Å². The fraction of sp³-hybridized carbons (Fsp3) is 1.00. The molecule has 0 fully saturated rings. The molecule has 0 aromatic heterocycles. The largest absolute Gasteiger partial charge is 0.0776 e. The van der Waals surface area contributed by atoms with Crippen molar-refractivity contribution in [3.05, 3.63) is 0 Å². The van der Waals surface area contributed by atoms with Crippen LogP contribution in [0.25, 0.3) is 0 Å². The van der Waals surface area contributed by atoms with Crippen LogP contribution in [-0.4, -0.2) is 0 Å². The van der Waals surface area contributed by atoms with E-state index in [1.54, 1.807) is 0 Å². The van der Waals surface area contributed by atoms with Crippen molar-refractivity contribution in [1.82, 2.24) is 0 Å². The van der Waals surface area contributed by atoms with Crippen LogP contribution in [0, 0.1) is 31.1 Å². The molecule has 44 valence electrons. The van der Waals surface area contributed by atoms with E-state index in [-0.39, 0.29) is 68.2 Å². The molecule has 0 heterocycles. The Morgan fingerprint density at radius 1 is 0.333 bits per heavy atom. The summed E-state index contributed by atoms with van der Waals surface area (Å²) in [7, 11) is 0. The number of hydrogen-bond acceptors (Lipinski definition) is 0. The minimum atomic E-state index is 0. The molecule has 0 aliphatic rings. The van der Waals surface area contributed by atoms with Crippen LogP contribution >= 0.6 is 0 Å². The predicted molar refractivity (Wildman–Crippen MR) is 33.7 cm³/mol. The van der Waals surface area contributed by atoms with E-state index in [9.17, 15) is 0 Å². The third kappa shape index (κ3) is 75.0. The van der Waals surface area contributed by atoms with Gasteiger partial charge in [0, 0.05) is 31.1 Å². The second kappa shape index (κ2) is 140. The maximum absolute atomic E-state index is 0. The van der Waals surface area contributed by atoms with Gasteiger partial charge < -0.3 is 0 Å². The first-order valence-electron chi connectivity index (χ1n) is 0. The van der Waals surface area contributed by atoms with Crippen molar-refractivity contribution in [1.29, 1.82) is 0 Å². The van der Waals surface area contributed by atoms with Gasteiger partial charge >= 0.3 is 0 Å². The Kier molecular flexibility index (Phi) is 5430. The van der Waals surface area contributed by atoms with Crippen LogP contribution in [0.3, 0.4) is 0 Å². The molecule has 1 heteroatoms. The molecule has 0 aromatic carbocycles. The van der Waals surface area contributed by atoms with Crippen molar-refractivity contribution >= 4 is 0 Å². The summed E-state index contributed by atoms with van der Waals surface area (Å²) in [5.41, 5.74) is 0. The molecule has 0 aromatic rings. The van der Waals surface area contributed by atoms with Gasteiger partial charge in [-0.1, -0.05) is 37.1 Å². The summed E-state index contributed by atoms with van der Waals surface area (Å²) < 4.78 is 0. The van der Waals surface area contributed by atoms with E-state index >= 15 is 0 Å². The second-order valence-corrected chi connectivity index (χ2v) is 0. The van der Waals surface area contributed by atoms with Gasteiger partial charge in [-0.2, -0.15) is 0 Å². The van der Waals surface area contributed by atoms with Gasteiger partial charge in [0.25, 0.3) is 0 Å². The van der Waals surface area contributed by atoms with Crippen LogP contribution < -0.4 is 0 Å². The molecule has 0 rings (SSSR count). The maximum Gasteiger partial charge on any atom is 0 e. The Bertz CT molecular complexity index is 3.90. The Labute approximate surface area is 68.1 Å². The summed E-state index contributed by atoms with van der Waals surface area (Å²) in [6.07, 6.45) is 0. The van der Waals surface area contributed by atoms with E-state index in [0.717, 1.165) is 0 Å². The van der Waals surface area contributed by atoms with E-state index in [4.69, 9.17) is 0 Å². The van der Waals surface area contributed by atoms with Crippen LogP contribution in [-0.2, 0) is 0 Å². The molecule has 0 saturated heterocycles. The average molecular weight is 318 g/mol. The molecule has 0 unspecified atom stereocenters. The zero-order valence-electron chi connectivity index (χ0n) is 0.500.